The molecule has 0 aliphatic carbocycles. The topological polar surface area (TPSA) is 127 Å². The number of nitrogens with zero attached hydrogens (tertiary/aromatic N) is 4. The molecule has 0 saturated carbocycles. The predicted octanol–water partition coefficient (Wildman–Crippen LogP) is 4.64. The fourth-order valence-electron chi connectivity index (χ4n) is 3.57. The van der Waals surface area contributed by atoms with Crippen LogP contribution in [-0.2, 0) is 10.2 Å². The van der Waals surface area contributed by atoms with Crippen LogP contribution in [0.5, 0.6) is 5.88 Å². The molecule has 0 fully saturated rings. The summed E-state index contributed by atoms with van der Waals surface area (Å²) < 4.78 is 0. The van der Waals surface area contributed by atoms with Crippen LogP contribution in [0.4, 0.5) is 11.4 Å². The highest BCUT2D eigenvalue weighted by Crippen LogP contribution is 2.30. The van der Waals surface area contributed by atoms with E-state index in [1.54, 1.807) is 31.2 Å². The zero-order valence-corrected chi connectivity index (χ0v) is 19.8. The van der Waals surface area contributed by atoms with Crippen LogP contribution in [0.25, 0.3) is 11.1 Å². The van der Waals surface area contributed by atoms with Gasteiger partial charge in [-0.15, -0.1) is 0 Å². The molecular formula is C26H25N5O4. The Morgan fingerprint density at radius 2 is 1.80 bits per heavy atom. The van der Waals surface area contributed by atoms with Crippen LogP contribution in [0.3, 0.4) is 0 Å². The van der Waals surface area contributed by atoms with E-state index in [-0.39, 0.29) is 34.0 Å². The molecule has 0 unspecified atom stereocenters. The van der Waals surface area contributed by atoms with E-state index in [0.29, 0.717) is 22.6 Å². The van der Waals surface area contributed by atoms with Crippen molar-refractivity contribution in [3.63, 3.8) is 0 Å². The quantitative estimate of drug-likeness (QED) is 0.465. The zero-order valence-electron chi connectivity index (χ0n) is 19.8. The normalized spacial score (nSPS) is 14.9. The van der Waals surface area contributed by atoms with Crippen LogP contribution in [0.15, 0.2) is 71.0 Å². The maximum Gasteiger partial charge on any atom is 0.337 e. The first-order valence-electron chi connectivity index (χ1n) is 10.9. The van der Waals surface area contributed by atoms with E-state index in [2.05, 4.69) is 41.4 Å². The van der Waals surface area contributed by atoms with Crippen molar-refractivity contribution in [1.82, 2.24) is 4.98 Å². The van der Waals surface area contributed by atoms with Crippen molar-refractivity contribution in [2.75, 3.05) is 10.4 Å². The number of carbonyl (C=O) groups is 2. The van der Waals surface area contributed by atoms with Crippen molar-refractivity contribution in [1.29, 1.82) is 0 Å². The SMILES string of the molecule is CC1=NN(c2ccc(C(C)(C)C)cc2)C(=O)C1=NNc1cccc(-c2cc(C(=O)O)cnc2O)c1. The molecule has 2 heterocycles. The summed E-state index contributed by atoms with van der Waals surface area (Å²) in [5.74, 6) is -1.79. The van der Waals surface area contributed by atoms with Gasteiger partial charge in [0.2, 0.25) is 5.88 Å². The minimum atomic E-state index is -1.15. The summed E-state index contributed by atoms with van der Waals surface area (Å²) >= 11 is 0. The number of carboxylic acids is 1. The van der Waals surface area contributed by atoms with Gasteiger partial charge in [0.15, 0.2) is 5.71 Å². The number of hydrogen-bond acceptors (Lipinski definition) is 7. The molecule has 1 aliphatic rings. The van der Waals surface area contributed by atoms with Gasteiger partial charge in [0.05, 0.1) is 22.6 Å². The lowest BCUT2D eigenvalue weighted by Crippen LogP contribution is -2.28. The number of benzene rings is 2. The Kier molecular flexibility index (Phi) is 6.09. The minimum Gasteiger partial charge on any atom is -0.493 e. The first kappa shape index (κ1) is 23.6. The summed E-state index contributed by atoms with van der Waals surface area (Å²) in [5, 5.41) is 29.3. The average molecular weight is 472 g/mol. The number of aromatic nitrogens is 1. The molecule has 3 aromatic rings. The third-order valence-electron chi connectivity index (χ3n) is 5.55. The highest BCUT2D eigenvalue weighted by atomic mass is 16.4. The van der Waals surface area contributed by atoms with Crippen molar-refractivity contribution in [2.45, 2.75) is 33.1 Å². The van der Waals surface area contributed by atoms with Crippen molar-refractivity contribution in [3.8, 4) is 17.0 Å². The van der Waals surface area contributed by atoms with Crippen LogP contribution in [0, 0.1) is 0 Å². The van der Waals surface area contributed by atoms with E-state index < -0.39 is 5.97 Å². The Morgan fingerprint density at radius 1 is 1.09 bits per heavy atom. The second-order valence-electron chi connectivity index (χ2n) is 9.15. The van der Waals surface area contributed by atoms with E-state index in [1.165, 1.54) is 11.1 Å². The number of amides is 1. The van der Waals surface area contributed by atoms with Gasteiger partial charge in [0, 0.05) is 11.8 Å². The monoisotopic (exact) mass is 471 g/mol. The summed E-state index contributed by atoms with van der Waals surface area (Å²) in [7, 11) is 0. The molecule has 1 amide bonds. The van der Waals surface area contributed by atoms with Gasteiger partial charge >= 0.3 is 11.9 Å². The molecule has 178 valence electrons. The number of anilines is 2. The van der Waals surface area contributed by atoms with Gasteiger partial charge in [-0.1, -0.05) is 45.0 Å². The predicted molar refractivity (Wildman–Crippen MR) is 135 cm³/mol. The van der Waals surface area contributed by atoms with Crippen molar-refractivity contribution in [3.05, 3.63) is 71.9 Å². The fourth-order valence-corrected chi connectivity index (χ4v) is 3.57. The summed E-state index contributed by atoms with van der Waals surface area (Å²) in [5.41, 5.74) is 6.58. The number of carboxylic acid groups (broad SMARTS) is 1. The maximum atomic E-state index is 13.0. The maximum absolute atomic E-state index is 13.0. The number of aromatic hydroxyl groups is 1. The molecule has 9 heteroatoms. The first-order chi connectivity index (χ1) is 16.5. The van der Waals surface area contributed by atoms with E-state index in [0.717, 1.165) is 11.8 Å². The van der Waals surface area contributed by atoms with Gasteiger partial charge in [-0.2, -0.15) is 15.2 Å². The number of pyridine rings is 1. The number of rotatable bonds is 5. The van der Waals surface area contributed by atoms with Crippen LogP contribution in [-0.4, -0.2) is 38.5 Å². The van der Waals surface area contributed by atoms with E-state index in [9.17, 15) is 19.8 Å². The molecule has 0 saturated heterocycles. The van der Waals surface area contributed by atoms with Gasteiger partial charge in [-0.05, 0) is 53.8 Å². The summed E-state index contributed by atoms with van der Waals surface area (Å²) in [4.78, 5) is 28.0. The van der Waals surface area contributed by atoms with Crippen LogP contribution in [0.1, 0.15) is 43.6 Å². The second-order valence-corrected chi connectivity index (χ2v) is 9.15. The molecule has 2 aromatic carbocycles. The Morgan fingerprint density at radius 3 is 2.46 bits per heavy atom. The lowest BCUT2D eigenvalue weighted by molar-refractivity contribution is -0.112. The van der Waals surface area contributed by atoms with Crippen LogP contribution >= 0.6 is 0 Å². The summed E-state index contributed by atoms with van der Waals surface area (Å²) in [6, 6.07) is 15.8. The lowest BCUT2D eigenvalue weighted by Gasteiger charge is -2.20. The number of nitrogens with one attached hydrogen (secondary N) is 1. The molecule has 0 spiro atoms. The van der Waals surface area contributed by atoms with Gasteiger partial charge in [-0.3, -0.25) is 10.2 Å². The van der Waals surface area contributed by atoms with Gasteiger partial charge < -0.3 is 10.2 Å². The Labute approximate surface area is 202 Å². The van der Waals surface area contributed by atoms with Gasteiger partial charge in [-0.25, -0.2) is 9.78 Å². The number of hydrogen-bond donors (Lipinski definition) is 3. The van der Waals surface area contributed by atoms with Crippen molar-refractivity contribution in [2.24, 2.45) is 10.2 Å². The smallest absolute Gasteiger partial charge is 0.337 e. The summed E-state index contributed by atoms with van der Waals surface area (Å²) in [6.07, 6.45) is 1.09. The molecule has 35 heavy (non-hydrogen) atoms. The first-order valence-corrected chi connectivity index (χ1v) is 10.9. The standard InChI is InChI=1S/C26H25N5O4/c1-15-22(24(33)31(30-15)20-10-8-18(9-11-20)26(2,3)4)29-28-19-7-5-6-16(12-19)21-13-17(25(34)35)14-27-23(21)32/h5-14,28H,1-4H3,(H,27,32)(H,34,35). The van der Waals surface area contributed by atoms with E-state index in [4.69, 9.17) is 0 Å². The number of carbonyl (C=O) groups excluding carboxylic acids is 1. The third-order valence-corrected chi connectivity index (χ3v) is 5.55. The van der Waals surface area contributed by atoms with E-state index >= 15 is 0 Å². The molecule has 3 N–H and O–H groups in total. The molecular weight excluding hydrogens is 446 g/mol. The van der Waals surface area contributed by atoms with Crippen LogP contribution < -0.4 is 10.4 Å². The zero-order chi connectivity index (χ0) is 25.3. The van der Waals surface area contributed by atoms with Crippen LogP contribution in [0.2, 0.25) is 0 Å². The van der Waals surface area contributed by atoms with Gasteiger partial charge in [0.1, 0.15) is 0 Å². The largest absolute Gasteiger partial charge is 0.493 e. The Balaban J connectivity index is 1.55. The third kappa shape index (κ3) is 4.89. The lowest BCUT2D eigenvalue weighted by atomic mass is 9.87. The molecule has 9 nitrogen and oxygen atoms in total. The Bertz CT molecular complexity index is 1370. The molecule has 0 radical (unpaired) electrons. The average Bonchev–Trinajstić information content (AvgIpc) is 3.10. The molecule has 4 rings (SSSR count). The minimum absolute atomic E-state index is 0.000393. The summed E-state index contributed by atoms with van der Waals surface area (Å²) in [6.45, 7) is 8.08. The molecule has 1 aliphatic heterocycles. The number of aromatic carboxylic acids is 1. The second kappa shape index (κ2) is 9.02. The van der Waals surface area contributed by atoms with E-state index in [1.807, 2.05) is 24.3 Å². The highest BCUT2D eigenvalue weighted by Gasteiger charge is 2.31. The molecule has 0 atom stereocenters. The van der Waals surface area contributed by atoms with Crippen molar-refractivity contribution < 1.29 is 19.8 Å². The number of hydrazone groups is 2. The fraction of sp³-hybridized carbons (Fsp3) is 0.192. The Hall–Kier alpha value is -4.53. The highest BCUT2D eigenvalue weighted by molar-refractivity contribution is 6.71. The molecule has 1 aromatic heterocycles. The van der Waals surface area contributed by atoms with Crippen molar-refractivity contribution >= 4 is 34.7 Å². The van der Waals surface area contributed by atoms with Gasteiger partial charge in [0.25, 0.3) is 0 Å². The molecule has 0 bridgehead atoms.